The van der Waals surface area contributed by atoms with Gasteiger partial charge in [-0.05, 0) is 35.4 Å². The highest BCUT2D eigenvalue weighted by Gasteiger charge is 2.54. The topological polar surface area (TPSA) is 41.6 Å². The molecule has 2 aliphatic heterocycles. The highest BCUT2D eigenvalue weighted by atomic mass is 35.5. The second kappa shape index (κ2) is 5.25. The molecular formula is C18H17ClN2O2. The normalized spacial score (nSPS) is 18.0. The molecule has 5 heteroatoms. The van der Waals surface area contributed by atoms with E-state index in [-0.39, 0.29) is 5.91 Å². The van der Waals surface area contributed by atoms with Crippen LogP contribution in [-0.4, -0.2) is 26.1 Å². The molecule has 4 nitrogen and oxygen atoms in total. The number of nitrogens with one attached hydrogen (secondary N) is 1. The fourth-order valence-corrected chi connectivity index (χ4v) is 3.57. The van der Waals surface area contributed by atoms with Gasteiger partial charge in [0.1, 0.15) is 11.2 Å². The molecule has 0 radical (unpaired) electrons. The smallest absolute Gasteiger partial charge is 0.240 e. The van der Waals surface area contributed by atoms with E-state index in [1.54, 1.807) is 7.11 Å². The largest absolute Gasteiger partial charge is 0.497 e. The first kappa shape index (κ1) is 14.5. The van der Waals surface area contributed by atoms with E-state index in [9.17, 15) is 4.79 Å². The van der Waals surface area contributed by atoms with E-state index in [1.807, 2.05) is 47.4 Å². The highest BCUT2D eigenvalue weighted by Crippen LogP contribution is 2.45. The van der Waals surface area contributed by atoms with Crippen molar-refractivity contribution in [3.63, 3.8) is 0 Å². The summed E-state index contributed by atoms with van der Waals surface area (Å²) in [4.78, 5) is 14.9. The average molecular weight is 329 g/mol. The van der Waals surface area contributed by atoms with Gasteiger partial charge in [-0.15, -0.1) is 0 Å². The third-order valence-corrected chi connectivity index (χ3v) is 5.01. The SMILES string of the molecule is COc1ccc(CN2C(=O)C3(CNC3)c3ccc(Cl)cc32)cc1. The second-order valence-electron chi connectivity index (χ2n) is 6.09. The molecule has 23 heavy (non-hydrogen) atoms. The van der Waals surface area contributed by atoms with Crippen LogP contribution in [0.3, 0.4) is 0 Å². The molecule has 0 unspecified atom stereocenters. The summed E-state index contributed by atoms with van der Waals surface area (Å²) in [6.45, 7) is 1.93. The second-order valence-corrected chi connectivity index (χ2v) is 6.52. The summed E-state index contributed by atoms with van der Waals surface area (Å²) in [5.74, 6) is 0.967. The number of carbonyl (C=O) groups excluding carboxylic acids is 1. The predicted molar refractivity (Wildman–Crippen MR) is 90.2 cm³/mol. The number of hydrogen-bond acceptors (Lipinski definition) is 3. The van der Waals surface area contributed by atoms with Crippen LogP contribution in [0.2, 0.25) is 5.02 Å². The minimum atomic E-state index is -0.410. The molecule has 0 aliphatic carbocycles. The number of methoxy groups -OCH3 is 1. The molecule has 2 heterocycles. The van der Waals surface area contributed by atoms with E-state index in [0.717, 1.165) is 22.6 Å². The number of amides is 1. The van der Waals surface area contributed by atoms with Crippen molar-refractivity contribution in [3.05, 3.63) is 58.6 Å². The molecule has 118 valence electrons. The van der Waals surface area contributed by atoms with E-state index < -0.39 is 5.41 Å². The molecule has 0 aromatic heterocycles. The van der Waals surface area contributed by atoms with Gasteiger partial charge in [0.2, 0.25) is 5.91 Å². The van der Waals surface area contributed by atoms with Gasteiger partial charge < -0.3 is 15.0 Å². The fraction of sp³-hybridized carbons (Fsp3) is 0.278. The number of carbonyl (C=O) groups is 1. The molecular weight excluding hydrogens is 312 g/mol. The summed E-state index contributed by atoms with van der Waals surface area (Å²) >= 11 is 6.16. The minimum absolute atomic E-state index is 0.157. The number of ether oxygens (including phenoxy) is 1. The van der Waals surface area contributed by atoms with E-state index in [1.165, 1.54) is 0 Å². The highest BCUT2D eigenvalue weighted by molar-refractivity contribution is 6.31. The third kappa shape index (κ3) is 2.13. The molecule has 2 aliphatic rings. The molecule has 1 N–H and O–H groups in total. The van der Waals surface area contributed by atoms with Crippen molar-refractivity contribution in [2.24, 2.45) is 0 Å². The van der Waals surface area contributed by atoms with Crippen LogP contribution < -0.4 is 15.0 Å². The number of nitrogens with zero attached hydrogens (tertiary/aromatic N) is 1. The Morgan fingerprint density at radius 3 is 2.57 bits per heavy atom. The molecule has 1 saturated heterocycles. The van der Waals surface area contributed by atoms with Gasteiger partial charge in [-0.2, -0.15) is 0 Å². The van der Waals surface area contributed by atoms with Crippen LogP contribution >= 0.6 is 11.6 Å². The average Bonchev–Trinajstić information content (AvgIpc) is 2.76. The van der Waals surface area contributed by atoms with E-state index >= 15 is 0 Å². The van der Waals surface area contributed by atoms with Crippen molar-refractivity contribution in [1.82, 2.24) is 5.32 Å². The lowest BCUT2D eigenvalue weighted by atomic mass is 9.76. The van der Waals surface area contributed by atoms with Gasteiger partial charge in [0.05, 0.1) is 13.7 Å². The molecule has 1 spiro atoms. The van der Waals surface area contributed by atoms with Gasteiger partial charge in [-0.3, -0.25) is 4.79 Å². The third-order valence-electron chi connectivity index (χ3n) is 4.77. The van der Waals surface area contributed by atoms with Gasteiger partial charge in [0.25, 0.3) is 0 Å². The van der Waals surface area contributed by atoms with Crippen LogP contribution in [0.4, 0.5) is 5.69 Å². The van der Waals surface area contributed by atoms with Crippen molar-refractivity contribution in [3.8, 4) is 5.75 Å². The number of halogens is 1. The number of rotatable bonds is 3. The summed E-state index contributed by atoms with van der Waals surface area (Å²) in [6, 6.07) is 13.5. The molecule has 2 aromatic rings. The number of benzene rings is 2. The standard InChI is InChI=1S/C18H17ClN2O2/c1-23-14-5-2-12(3-6-14)9-21-16-8-13(19)4-7-15(16)18(17(21)22)10-20-11-18/h2-8,20H,9-11H2,1H3. The lowest BCUT2D eigenvalue weighted by Crippen LogP contribution is -2.61. The van der Waals surface area contributed by atoms with Gasteiger partial charge in [-0.25, -0.2) is 0 Å². The first-order chi connectivity index (χ1) is 11.1. The van der Waals surface area contributed by atoms with Crippen LogP contribution in [0.5, 0.6) is 5.75 Å². The Kier molecular flexibility index (Phi) is 3.32. The van der Waals surface area contributed by atoms with E-state index in [4.69, 9.17) is 16.3 Å². The first-order valence-corrected chi connectivity index (χ1v) is 7.97. The summed E-state index contributed by atoms with van der Waals surface area (Å²) in [7, 11) is 1.64. The Hall–Kier alpha value is -2.04. The zero-order chi connectivity index (χ0) is 16.0. The predicted octanol–water partition coefficient (Wildman–Crippen LogP) is 2.74. The Balaban J connectivity index is 1.71. The molecule has 2 aromatic carbocycles. The van der Waals surface area contributed by atoms with Gasteiger partial charge in [0, 0.05) is 23.8 Å². The van der Waals surface area contributed by atoms with Crippen molar-refractivity contribution in [2.45, 2.75) is 12.0 Å². The van der Waals surface area contributed by atoms with Crippen LogP contribution in [0.1, 0.15) is 11.1 Å². The molecule has 1 fully saturated rings. The monoisotopic (exact) mass is 328 g/mol. The van der Waals surface area contributed by atoms with E-state index in [0.29, 0.717) is 24.7 Å². The zero-order valence-corrected chi connectivity index (χ0v) is 13.6. The molecule has 0 atom stereocenters. The van der Waals surface area contributed by atoms with Crippen LogP contribution in [-0.2, 0) is 16.8 Å². The minimum Gasteiger partial charge on any atom is -0.497 e. The van der Waals surface area contributed by atoms with Crippen molar-refractivity contribution in [2.75, 3.05) is 25.1 Å². The van der Waals surface area contributed by atoms with Gasteiger partial charge in [-0.1, -0.05) is 29.8 Å². The first-order valence-electron chi connectivity index (χ1n) is 7.60. The number of anilines is 1. The van der Waals surface area contributed by atoms with Crippen LogP contribution in [0, 0.1) is 0 Å². The van der Waals surface area contributed by atoms with Crippen LogP contribution in [0.15, 0.2) is 42.5 Å². The maximum Gasteiger partial charge on any atom is 0.240 e. The zero-order valence-electron chi connectivity index (χ0n) is 12.8. The van der Waals surface area contributed by atoms with E-state index in [2.05, 4.69) is 5.32 Å². The van der Waals surface area contributed by atoms with Gasteiger partial charge >= 0.3 is 0 Å². The Morgan fingerprint density at radius 1 is 1.22 bits per heavy atom. The van der Waals surface area contributed by atoms with Crippen molar-refractivity contribution >= 4 is 23.2 Å². The van der Waals surface area contributed by atoms with Gasteiger partial charge in [0.15, 0.2) is 0 Å². The Labute approximate surface area is 140 Å². The molecule has 0 bridgehead atoms. The Bertz CT molecular complexity index is 769. The lowest BCUT2D eigenvalue weighted by Gasteiger charge is -2.38. The summed E-state index contributed by atoms with van der Waals surface area (Å²) in [5.41, 5.74) is 2.67. The molecule has 4 rings (SSSR count). The summed E-state index contributed by atoms with van der Waals surface area (Å²) in [6.07, 6.45) is 0. The molecule has 1 amide bonds. The van der Waals surface area contributed by atoms with Crippen LogP contribution in [0.25, 0.3) is 0 Å². The molecule has 0 saturated carbocycles. The van der Waals surface area contributed by atoms with Crippen molar-refractivity contribution in [1.29, 1.82) is 0 Å². The quantitative estimate of drug-likeness (QED) is 0.942. The Morgan fingerprint density at radius 2 is 1.96 bits per heavy atom. The van der Waals surface area contributed by atoms with Crippen molar-refractivity contribution < 1.29 is 9.53 Å². The summed E-state index contributed by atoms with van der Waals surface area (Å²) < 4.78 is 5.19. The fourth-order valence-electron chi connectivity index (χ4n) is 3.40. The number of hydrogen-bond donors (Lipinski definition) is 1. The summed E-state index contributed by atoms with van der Waals surface area (Å²) in [5, 5.41) is 3.89. The maximum atomic E-state index is 13.0. The number of fused-ring (bicyclic) bond motifs is 2. The lowest BCUT2D eigenvalue weighted by molar-refractivity contribution is -0.125. The maximum absolute atomic E-state index is 13.0.